The van der Waals surface area contributed by atoms with Crippen molar-refractivity contribution in [1.29, 1.82) is 5.26 Å². The summed E-state index contributed by atoms with van der Waals surface area (Å²) in [6, 6.07) is 9.68. The molecule has 0 atom stereocenters. The van der Waals surface area contributed by atoms with Gasteiger partial charge in [-0.3, -0.25) is 0 Å². The topological polar surface area (TPSA) is 28.7 Å². The number of nitrogens with zero attached hydrogens (tertiary/aromatic N) is 2. The quantitative estimate of drug-likeness (QED) is 0.797. The van der Waals surface area contributed by atoms with Crippen LogP contribution in [0, 0.1) is 11.3 Å². The number of aromatic nitrogens is 1. The first kappa shape index (κ1) is 11.1. The van der Waals surface area contributed by atoms with Crippen LogP contribution in [0.3, 0.4) is 0 Å². The van der Waals surface area contributed by atoms with E-state index in [0.29, 0.717) is 17.1 Å². The fourth-order valence-corrected chi connectivity index (χ4v) is 1.85. The third kappa shape index (κ3) is 1.92. The predicted octanol–water partition coefficient (Wildman–Crippen LogP) is 3.83. The number of benzene rings is 1. The summed E-state index contributed by atoms with van der Waals surface area (Å²) in [4.78, 5) is 0. The van der Waals surface area contributed by atoms with E-state index >= 15 is 0 Å². The van der Waals surface area contributed by atoms with Gasteiger partial charge in [0.2, 0.25) is 0 Å². The van der Waals surface area contributed by atoms with E-state index in [2.05, 4.69) is 6.07 Å². The first-order chi connectivity index (χ1) is 7.76. The highest BCUT2D eigenvalue weighted by molar-refractivity contribution is 6.36. The Balaban J connectivity index is 2.54. The number of rotatable bonds is 2. The standard InChI is InChI=1S/C12H8Cl2N2/c13-6-10(14)8-16-5-4-11-9(7-15)2-1-3-12(11)16/h1-6H,8H2/b10-6+. The van der Waals surface area contributed by atoms with Crippen LogP contribution in [0.15, 0.2) is 41.0 Å². The molecular formula is C12H8Cl2N2. The molecule has 0 radical (unpaired) electrons. The van der Waals surface area contributed by atoms with Crippen molar-refractivity contribution in [1.82, 2.24) is 4.57 Å². The van der Waals surface area contributed by atoms with E-state index < -0.39 is 0 Å². The molecule has 1 aromatic carbocycles. The summed E-state index contributed by atoms with van der Waals surface area (Å²) in [6.07, 6.45) is 1.90. The van der Waals surface area contributed by atoms with Crippen molar-refractivity contribution < 1.29 is 0 Å². The highest BCUT2D eigenvalue weighted by Gasteiger charge is 2.05. The van der Waals surface area contributed by atoms with Gasteiger partial charge in [0, 0.05) is 27.7 Å². The molecule has 1 heterocycles. The van der Waals surface area contributed by atoms with E-state index in [4.69, 9.17) is 28.5 Å². The summed E-state index contributed by atoms with van der Waals surface area (Å²) in [5.74, 6) is 0. The zero-order valence-electron chi connectivity index (χ0n) is 8.32. The van der Waals surface area contributed by atoms with Gasteiger partial charge in [0.1, 0.15) is 0 Å². The van der Waals surface area contributed by atoms with Crippen molar-refractivity contribution in [3.05, 3.63) is 46.6 Å². The van der Waals surface area contributed by atoms with E-state index in [-0.39, 0.29) is 0 Å². The van der Waals surface area contributed by atoms with Crippen molar-refractivity contribution in [2.45, 2.75) is 6.54 Å². The van der Waals surface area contributed by atoms with Gasteiger partial charge in [-0.15, -0.1) is 0 Å². The maximum Gasteiger partial charge on any atom is 0.0998 e. The molecule has 0 aliphatic rings. The minimum Gasteiger partial charge on any atom is -0.342 e. The van der Waals surface area contributed by atoms with Crippen LogP contribution in [0.1, 0.15) is 5.56 Å². The third-order valence-electron chi connectivity index (χ3n) is 2.37. The molecular weight excluding hydrogens is 243 g/mol. The Bertz CT molecular complexity index is 591. The van der Waals surface area contributed by atoms with E-state index in [1.54, 1.807) is 6.07 Å². The van der Waals surface area contributed by atoms with Gasteiger partial charge in [0.05, 0.1) is 18.2 Å². The largest absolute Gasteiger partial charge is 0.342 e. The number of fused-ring (bicyclic) bond motifs is 1. The smallest absolute Gasteiger partial charge is 0.0998 e. The van der Waals surface area contributed by atoms with Crippen LogP contribution in [-0.4, -0.2) is 4.57 Å². The second kappa shape index (κ2) is 4.61. The van der Waals surface area contributed by atoms with Gasteiger partial charge < -0.3 is 4.57 Å². The zero-order valence-corrected chi connectivity index (χ0v) is 9.83. The molecule has 0 aliphatic carbocycles. The van der Waals surface area contributed by atoms with Crippen molar-refractivity contribution >= 4 is 34.1 Å². The third-order valence-corrected chi connectivity index (χ3v) is 2.98. The van der Waals surface area contributed by atoms with Gasteiger partial charge in [-0.25, -0.2) is 0 Å². The molecule has 0 fully saturated rings. The van der Waals surface area contributed by atoms with Crippen LogP contribution in [0.4, 0.5) is 0 Å². The molecule has 0 aliphatic heterocycles. The second-order valence-electron chi connectivity index (χ2n) is 3.35. The zero-order chi connectivity index (χ0) is 11.5. The van der Waals surface area contributed by atoms with Crippen molar-refractivity contribution in [3.8, 4) is 6.07 Å². The van der Waals surface area contributed by atoms with E-state index in [0.717, 1.165) is 10.9 Å². The number of hydrogen-bond acceptors (Lipinski definition) is 1. The molecule has 0 amide bonds. The first-order valence-electron chi connectivity index (χ1n) is 4.69. The minimum absolute atomic E-state index is 0.517. The van der Waals surface area contributed by atoms with Crippen LogP contribution < -0.4 is 0 Å². The van der Waals surface area contributed by atoms with E-state index in [1.807, 2.05) is 29.0 Å². The van der Waals surface area contributed by atoms with Crippen LogP contribution in [0.2, 0.25) is 0 Å². The molecule has 0 saturated heterocycles. The van der Waals surface area contributed by atoms with Crippen molar-refractivity contribution in [2.75, 3.05) is 0 Å². The average Bonchev–Trinajstić information content (AvgIpc) is 2.72. The number of halogens is 2. The fraction of sp³-hybridized carbons (Fsp3) is 0.0833. The normalized spacial score (nSPS) is 11.7. The molecule has 0 N–H and O–H groups in total. The lowest BCUT2D eigenvalue weighted by Crippen LogP contribution is -1.95. The van der Waals surface area contributed by atoms with E-state index in [1.165, 1.54) is 5.54 Å². The van der Waals surface area contributed by atoms with Crippen molar-refractivity contribution in [2.24, 2.45) is 0 Å². The molecule has 0 bridgehead atoms. The van der Waals surface area contributed by atoms with Crippen molar-refractivity contribution in [3.63, 3.8) is 0 Å². The molecule has 1 aromatic heterocycles. The van der Waals surface area contributed by atoms with Gasteiger partial charge in [0.15, 0.2) is 0 Å². The number of allylic oxidation sites excluding steroid dienone is 1. The van der Waals surface area contributed by atoms with Gasteiger partial charge in [-0.05, 0) is 18.2 Å². The van der Waals surface area contributed by atoms with Crippen LogP contribution in [-0.2, 0) is 6.54 Å². The summed E-state index contributed by atoms with van der Waals surface area (Å²) < 4.78 is 1.96. The fourth-order valence-electron chi connectivity index (χ4n) is 1.66. The molecule has 2 nitrogen and oxygen atoms in total. The van der Waals surface area contributed by atoms with Crippen LogP contribution in [0.5, 0.6) is 0 Å². The second-order valence-corrected chi connectivity index (χ2v) is 4.05. The molecule has 0 spiro atoms. The Morgan fingerprint density at radius 3 is 2.94 bits per heavy atom. The maximum atomic E-state index is 8.96. The van der Waals surface area contributed by atoms with Gasteiger partial charge in [0.25, 0.3) is 0 Å². The van der Waals surface area contributed by atoms with Crippen LogP contribution in [0.25, 0.3) is 10.9 Å². The summed E-state index contributed by atoms with van der Waals surface area (Å²) in [5, 5.41) is 10.4. The predicted molar refractivity (Wildman–Crippen MR) is 66.4 cm³/mol. The number of nitriles is 1. The molecule has 16 heavy (non-hydrogen) atoms. The SMILES string of the molecule is N#Cc1cccc2c1ccn2C/C(Cl)=C\Cl. The summed E-state index contributed by atoms with van der Waals surface area (Å²) in [6.45, 7) is 0.517. The minimum atomic E-state index is 0.517. The Morgan fingerprint density at radius 1 is 1.44 bits per heavy atom. The average molecular weight is 251 g/mol. The molecule has 4 heteroatoms. The number of hydrogen-bond donors (Lipinski definition) is 0. The first-order valence-corrected chi connectivity index (χ1v) is 5.50. The molecule has 2 aromatic rings. The Hall–Kier alpha value is -1.43. The molecule has 0 saturated carbocycles. The molecule has 2 rings (SSSR count). The summed E-state index contributed by atoms with van der Waals surface area (Å²) >= 11 is 11.4. The van der Waals surface area contributed by atoms with Gasteiger partial charge >= 0.3 is 0 Å². The lowest BCUT2D eigenvalue weighted by molar-refractivity contribution is 0.852. The molecule has 0 unspecified atom stereocenters. The highest BCUT2D eigenvalue weighted by atomic mass is 35.5. The Morgan fingerprint density at radius 2 is 2.25 bits per heavy atom. The summed E-state index contributed by atoms with van der Waals surface area (Å²) in [5.41, 5.74) is 3.00. The maximum absolute atomic E-state index is 8.96. The Labute approximate surface area is 103 Å². The van der Waals surface area contributed by atoms with Crippen LogP contribution >= 0.6 is 23.2 Å². The Kier molecular flexibility index (Phi) is 3.19. The lowest BCUT2D eigenvalue weighted by Gasteiger charge is -2.03. The van der Waals surface area contributed by atoms with Gasteiger partial charge in [-0.1, -0.05) is 29.3 Å². The highest BCUT2D eigenvalue weighted by Crippen LogP contribution is 2.21. The lowest BCUT2D eigenvalue weighted by atomic mass is 10.1. The van der Waals surface area contributed by atoms with Gasteiger partial charge in [-0.2, -0.15) is 5.26 Å². The summed E-state index contributed by atoms with van der Waals surface area (Å²) in [7, 11) is 0. The molecule has 80 valence electrons. The monoisotopic (exact) mass is 250 g/mol. The van der Waals surface area contributed by atoms with E-state index in [9.17, 15) is 0 Å².